The Kier molecular flexibility index (Phi) is 3.78. The molecule has 2 aromatic heterocycles. The van der Waals surface area contributed by atoms with Crippen LogP contribution in [0, 0.1) is 0 Å². The van der Waals surface area contributed by atoms with Crippen LogP contribution in [0.5, 0.6) is 5.75 Å². The van der Waals surface area contributed by atoms with E-state index >= 15 is 0 Å². The van der Waals surface area contributed by atoms with E-state index in [4.69, 9.17) is 15.5 Å². The van der Waals surface area contributed by atoms with Crippen molar-refractivity contribution in [2.75, 3.05) is 12.8 Å². The second-order valence-corrected chi connectivity index (χ2v) is 5.67. The van der Waals surface area contributed by atoms with Crippen LogP contribution >= 0.6 is 0 Å². The largest absolute Gasteiger partial charge is 0.497 e. The summed E-state index contributed by atoms with van der Waals surface area (Å²) in [7, 11) is 1.65. The molecule has 0 bridgehead atoms. The van der Waals surface area contributed by atoms with Gasteiger partial charge >= 0.3 is 0 Å². The van der Waals surface area contributed by atoms with Gasteiger partial charge < -0.3 is 15.0 Å². The van der Waals surface area contributed by atoms with Gasteiger partial charge in [-0.1, -0.05) is 42.5 Å². The van der Waals surface area contributed by atoms with Crippen molar-refractivity contribution in [3.05, 3.63) is 66.5 Å². The van der Waals surface area contributed by atoms with E-state index in [1.54, 1.807) is 7.11 Å². The number of anilines is 1. The van der Waals surface area contributed by atoms with Crippen molar-refractivity contribution >= 4 is 17.0 Å². The fourth-order valence-electron chi connectivity index (χ4n) is 2.85. The topological polar surface area (TPSA) is 78.8 Å². The number of nitrogen functional groups attached to an aromatic ring is 1. The maximum atomic E-state index is 6.01. The van der Waals surface area contributed by atoms with Crippen LogP contribution in [-0.4, -0.2) is 26.6 Å². The lowest BCUT2D eigenvalue weighted by molar-refractivity contribution is 0.415. The van der Waals surface area contributed by atoms with Crippen molar-refractivity contribution in [3.63, 3.8) is 0 Å². The summed E-state index contributed by atoms with van der Waals surface area (Å²) in [5, 5.41) is 0. The van der Waals surface area contributed by atoms with E-state index < -0.39 is 0 Å². The minimum atomic E-state index is 0.376. The highest BCUT2D eigenvalue weighted by Gasteiger charge is 2.16. The number of benzene rings is 2. The smallest absolute Gasteiger partial charge is 0.166 e. The molecule has 4 aromatic rings. The lowest BCUT2D eigenvalue weighted by atomic mass is 10.2. The number of hydrogen-bond donors (Lipinski definition) is 1. The van der Waals surface area contributed by atoms with Crippen LogP contribution in [0.25, 0.3) is 22.6 Å². The predicted octanol–water partition coefficient (Wildman–Crippen LogP) is 3.13. The fraction of sp³-hybridized carbons (Fsp3) is 0.105. The number of hydrogen-bond acceptors (Lipinski definition) is 5. The SMILES string of the molecule is COc1cccc(-c2nc3c(N)ncnc3n2Cc2ccccc2)c1. The molecule has 0 saturated heterocycles. The molecule has 0 aliphatic rings. The maximum Gasteiger partial charge on any atom is 0.166 e. The number of imidazole rings is 1. The summed E-state index contributed by atoms with van der Waals surface area (Å²) in [4.78, 5) is 13.2. The highest BCUT2D eigenvalue weighted by Crippen LogP contribution is 2.28. The van der Waals surface area contributed by atoms with E-state index in [0.717, 1.165) is 22.7 Å². The Labute approximate surface area is 144 Å². The van der Waals surface area contributed by atoms with E-state index in [1.165, 1.54) is 6.33 Å². The molecule has 2 N–H and O–H groups in total. The van der Waals surface area contributed by atoms with Crippen LogP contribution in [-0.2, 0) is 6.54 Å². The quantitative estimate of drug-likeness (QED) is 0.621. The van der Waals surface area contributed by atoms with Crippen molar-refractivity contribution in [2.45, 2.75) is 6.54 Å². The van der Waals surface area contributed by atoms with Crippen LogP contribution in [0.1, 0.15) is 5.56 Å². The lowest BCUT2D eigenvalue weighted by Crippen LogP contribution is -2.03. The zero-order chi connectivity index (χ0) is 17.2. The molecule has 0 aliphatic carbocycles. The van der Waals surface area contributed by atoms with Gasteiger partial charge in [-0.05, 0) is 17.7 Å². The number of nitrogens with two attached hydrogens (primary N) is 1. The molecule has 0 atom stereocenters. The first-order chi connectivity index (χ1) is 12.3. The van der Waals surface area contributed by atoms with Crippen LogP contribution in [0.2, 0.25) is 0 Å². The third kappa shape index (κ3) is 2.78. The Bertz CT molecular complexity index is 1030. The first kappa shape index (κ1) is 15.1. The molecule has 2 heterocycles. The van der Waals surface area contributed by atoms with Gasteiger partial charge in [-0.3, -0.25) is 0 Å². The Hall–Kier alpha value is -3.41. The first-order valence-corrected chi connectivity index (χ1v) is 7.91. The zero-order valence-electron chi connectivity index (χ0n) is 13.8. The van der Waals surface area contributed by atoms with E-state index in [9.17, 15) is 0 Å². The summed E-state index contributed by atoms with van der Waals surface area (Å²) in [6, 6.07) is 18.0. The molecule has 6 nitrogen and oxygen atoms in total. The second kappa shape index (κ2) is 6.24. The second-order valence-electron chi connectivity index (χ2n) is 5.67. The van der Waals surface area contributed by atoms with Crippen LogP contribution in [0.4, 0.5) is 5.82 Å². The summed E-state index contributed by atoms with van der Waals surface area (Å²) in [5.74, 6) is 1.93. The third-order valence-electron chi connectivity index (χ3n) is 4.07. The van der Waals surface area contributed by atoms with Gasteiger partial charge in [0.15, 0.2) is 17.0 Å². The lowest BCUT2D eigenvalue weighted by Gasteiger charge is -2.10. The molecule has 2 aromatic carbocycles. The highest BCUT2D eigenvalue weighted by molar-refractivity contribution is 5.85. The standard InChI is InChI=1S/C19H17N5O/c1-25-15-9-5-8-14(10-15)18-23-16-17(20)21-12-22-19(16)24(18)11-13-6-3-2-4-7-13/h2-10,12H,11H2,1H3,(H2,20,21,22). The van der Waals surface area contributed by atoms with Crippen LogP contribution < -0.4 is 10.5 Å². The Morgan fingerprint density at radius 2 is 1.88 bits per heavy atom. The van der Waals surface area contributed by atoms with Gasteiger partial charge in [0.2, 0.25) is 0 Å². The fourth-order valence-corrected chi connectivity index (χ4v) is 2.85. The van der Waals surface area contributed by atoms with E-state index in [0.29, 0.717) is 23.5 Å². The molecule has 0 fully saturated rings. The van der Waals surface area contributed by atoms with Crippen molar-refractivity contribution < 1.29 is 4.74 Å². The molecule has 25 heavy (non-hydrogen) atoms. The van der Waals surface area contributed by atoms with Crippen LogP contribution in [0.15, 0.2) is 60.9 Å². The molecule has 124 valence electrons. The van der Waals surface area contributed by atoms with Gasteiger partial charge in [-0.15, -0.1) is 0 Å². The van der Waals surface area contributed by atoms with Crippen molar-refractivity contribution in [1.82, 2.24) is 19.5 Å². The molecule has 0 radical (unpaired) electrons. The van der Waals surface area contributed by atoms with Gasteiger partial charge in [0.05, 0.1) is 13.7 Å². The van der Waals surface area contributed by atoms with Gasteiger partial charge in [0.1, 0.15) is 17.9 Å². The molecule has 6 heteroatoms. The molecular weight excluding hydrogens is 314 g/mol. The number of rotatable bonds is 4. The number of nitrogens with zero attached hydrogens (tertiary/aromatic N) is 4. The average molecular weight is 331 g/mol. The molecule has 0 amide bonds. The van der Waals surface area contributed by atoms with Crippen LogP contribution in [0.3, 0.4) is 0 Å². The predicted molar refractivity (Wildman–Crippen MR) is 97.3 cm³/mol. The summed E-state index contributed by atoms with van der Waals surface area (Å²) in [6.45, 7) is 0.639. The van der Waals surface area contributed by atoms with Gasteiger partial charge in [-0.2, -0.15) is 0 Å². The maximum absolute atomic E-state index is 6.01. The van der Waals surface area contributed by atoms with Gasteiger partial charge in [0, 0.05) is 5.56 Å². The van der Waals surface area contributed by atoms with Gasteiger partial charge in [0.25, 0.3) is 0 Å². The molecule has 0 spiro atoms. The van der Waals surface area contributed by atoms with Crippen molar-refractivity contribution in [2.24, 2.45) is 0 Å². The monoisotopic (exact) mass is 331 g/mol. The van der Waals surface area contributed by atoms with Crippen molar-refractivity contribution in [3.8, 4) is 17.1 Å². The highest BCUT2D eigenvalue weighted by atomic mass is 16.5. The zero-order valence-corrected chi connectivity index (χ0v) is 13.8. The molecule has 4 rings (SSSR count). The van der Waals surface area contributed by atoms with E-state index in [-0.39, 0.29) is 0 Å². The molecule has 0 unspecified atom stereocenters. The Balaban J connectivity index is 1.93. The molecule has 0 aliphatic heterocycles. The normalized spacial score (nSPS) is 10.9. The van der Waals surface area contributed by atoms with E-state index in [2.05, 4.69) is 26.7 Å². The summed E-state index contributed by atoms with van der Waals surface area (Å²) < 4.78 is 7.40. The summed E-state index contributed by atoms with van der Waals surface area (Å²) >= 11 is 0. The Morgan fingerprint density at radius 1 is 1.04 bits per heavy atom. The number of ether oxygens (including phenoxy) is 1. The minimum absolute atomic E-state index is 0.376. The number of methoxy groups -OCH3 is 1. The first-order valence-electron chi connectivity index (χ1n) is 7.91. The van der Waals surface area contributed by atoms with Crippen molar-refractivity contribution in [1.29, 1.82) is 0 Å². The summed E-state index contributed by atoms with van der Waals surface area (Å²) in [5.41, 5.74) is 9.43. The minimum Gasteiger partial charge on any atom is -0.497 e. The molecule has 0 saturated carbocycles. The van der Waals surface area contributed by atoms with Gasteiger partial charge in [-0.25, -0.2) is 15.0 Å². The number of fused-ring (bicyclic) bond motifs is 1. The van der Waals surface area contributed by atoms with E-state index in [1.807, 2.05) is 42.5 Å². The number of aromatic nitrogens is 4. The molecular formula is C19H17N5O. The Morgan fingerprint density at radius 3 is 2.68 bits per heavy atom. The average Bonchev–Trinajstić information content (AvgIpc) is 3.03. The summed E-state index contributed by atoms with van der Waals surface area (Å²) in [6.07, 6.45) is 1.47. The third-order valence-corrected chi connectivity index (χ3v) is 4.07.